The monoisotopic (exact) mass is 502 g/mol. The van der Waals surface area contributed by atoms with Crippen LogP contribution in [0.5, 0.6) is 0 Å². The molecule has 0 radical (unpaired) electrons. The Bertz CT molecular complexity index is 775. The molecule has 0 saturated carbocycles. The highest BCUT2D eigenvalue weighted by molar-refractivity contribution is 14.0. The summed E-state index contributed by atoms with van der Waals surface area (Å²) >= 11 is 0. The highest BCUT2D eigenvalue weighted by atomic mass is 127. The number of aliphatic imine (C=N–C) groups is 1. The Morgan fingerprint density at radius 1 is 1.29 bits per heavy atom. The van der Waals surface area contributed by atoms with Crippen molar-refractivity contribution in [2.24, 2.45) is 4.99 Å². The van der Waals surface area contributed by atoms with Crippen molar-refractivity contribution in [2.75, 3.05) is 19.6 Å². The van der Waals surface area contributed by atoms with Crippen molar-refractivity contribution in [3.63, 3.8) is 0 Å². The Labute approximate surface area is 182 Å². The third kappa shape index (κ3) is 5.44. The van der Waals surface area contributed by atoms with Crippen molar-refractivity contribution in [3.8, 4) is 0 Å². The first-order valence-corrected chi connectivity index (χ1v) is 9.33. The molecule has 2 aromatic rings. The molecule has 28 heavy (non-hydrogen) atoms. The highest BCUT2D eigenvalue weighted by Crippen LogP contribution is 2.25. The first kappa shape index (κ1) is 22.6. The average molecular weight is 502 g/mol. The van der Waals surface area contributed by atoms with Crippen molar-refractivity contribution in [1.29, 1.82) is 0 Å². The summed E-state index contributed by atoms with van der Waals surface area (Å²) in [6.45, 7) is 10.6. The highest BCUT2D eigenvalue weighted by Gasteiger charge is 2.28. The molecule has 6 nitrogen and oxygen atoms in total. The van der Waals surface area contributed by atoms with Gasteiger partial charge < -0.3 is 19.5 Å². The molecule has 1 fully saturated rings. The molecule has 0 aliphatic carbocycles. The van der Waals surface area contributed by atoms with Crippen LogP contribution in [0.1, 0.15) is 42.5 Å². The van der Waals surface area contributed by atoms with Crippen LogP contribution in [0.2, 0.25) is 0 Å². The van der Waals surface area contributed by atoms with Gasteiger partial charge in [0.05, 0.1) is 24.9 Å². The second-order valence-electron chi connectivity index (χ2n) is 6.86. The number of nitrogens with zero attached hydrogens (tertiary/aromatic N) is 3. The van der Waals surface area contributed by atoms with Gasteiger partial charge in [-0.15, -0.1) is 24.0 Å². The first-order chi connectivity index (χ1) is 13.0. The summed E-state index contributed by atoms with van der Waals surface area (Å²) in [4.78, 5) is 6.99. The summed E-state index contributed by atoms with van der Waals surface area (Å²) < 4.78 is 24.6. The number of benzene rings is 1. The van der Waals surface area contributed by atoms with Crippen LogP contribution < -0.4 is 5.32 Å². The summed E-state index contributed by atoms with van der Waals surface area (Å²) in [6.07, 6.45) is -0.0889. The number of morpholine rings is 1. The van der Waals surface area contributed by atoms with E-state index in [-0.39, 0.29) is 42.0 Å². The third-order valence-electron chi connectivity index (χ3n) is 4.70. The van der Waals surface area contributed by atoms with Crippen LogP contribution in [-0.4, -0.2) is 41.8 Å². The van der Waals surface area contributed by atoms with E-state index in [2.05, 4.69) is 15.4 Å². The molecule has 2 heterocycles. The maximum atomic E-state index is 13.2. The minimum absolute atomic E-state index is 0. The first-order valence-electron chi connectivity index (χ1n) is 9.33. The fourth-order valence-electron chi connectivity index (χ4n) is 3.29. The van der Waals surface area contributed by atoms with Crippen LogP contribution >= 0.6 is 24.0 Å². The fourth-order valence-corrected chi connectivity index (χ4v) is 3.29. The maximum Gasteiger partial charge on any atom is 0.194 e. The lowest BCUT2D eigenvalue weighted by molar-refractivity contribution is -0.0605. The number of ether oxygens (including phenoxy) is 1. The average Bonchev–Trinajstić information content (AvgIpc) is 2.97. The number of hydrogen-bond acceptors (Lipinski definition) is 4. The molecule has 2 unspecified atom stereocenters. The van der Waals surface area contributed by atoms with E-state index in [1.807, 2.05) is 27.7 Å². The van der Waals surface area contributed by atoms with Gasteiger partial charge in [0.2, 0.25) is 0 Å². The van der Waals surface area contributed by atoms with Gasteiger partial charge in [-0.2, -0.15) is 0 Å². The van der Waals surface area contributed by atoms with E-state index in [1.54, 1.807) is 12.1 Å². The molecule has 1 aromatic carbocycles. The summed E-state index contributed by atoms with van der Waals surface area (Å²) in [6, 6.07) is 6.51. The van der Waals surface area contributed by atoms with Crippen LogP contribution in [0.3, 0.4) is 0 Å². The Morgan fingerprint density at radius 3 is 2.61 bits per heavy atom. The molecule has 1 N–H and O–H groups in total. The number of aromatic nitrogens is 1. The zero-order valence-corrected chi connectivity index (χ0v) is 19.1. The fraction of sp³-hybridized carbons (Fsp3) is 0.500. The predicted molar refractivity (Wildman–Crippen MR) is 117 cm³/mol. The Kier molecular flexibility index (Phi) is 8.23. The second-order valence-corrected chi connectivity index (χ2v) is 6.86. The second kappa shape index (κ2) is 10.2. The van der Waals surface area contributed by atoms with Crippen molar-refractivity contribution >= 4 is 29.9 Å². The molecular formula is C20H28FIN4O2. The lowest BCUT2D eigenvalue weighted by atomic mass is 10.1. The van der Waals surface area contributed by atoms with Crippen LogP contribution in [0.4, 0.5) is 4.39 Å². The third-order valence-corrected chi connectivity index (χ3v) is 4.70. The van der Waals surface area contributed by atoms with E-state index < -0.39 is 0 Å². The number of aryl methyl sites for hydroxylation is 2. The molecule has 1 aromatic heterocycles. The lowest BCUT2D eigenvalue weighted by Gasteiger charge is -2.38. The van der Waals surface area contributed by atoms with E-state index in [0.29, 0.717) is 13.1 Å². The molecule has 0 bridgehead atoms. The van der Waals surface area contributed by atoms with Gasteiger partial charge in [0.25, 0.3) is 0 Å². The van der Waals surface area contributed by atoms with Gasteiger partial charge in [-0.25, -0.2) is 9.38 Å². The molecule has 0 amide bonds. The van der Waals surface area contributed by atoms with Crippen molar-refractivity contribution in [1.82, 2.24) is 15.4 Å². The van der Waals surface area contributed by atoms with E-state index in [9.17, 15) is 4.39 Å². The van der Waals surface area contributed by atoms with E-state index in [4.69, 9.17) is 14.3 Å². The summed E-state index contributed by atoms with van der Waals surface area (Å²) in [5, 5.41) is 7.36. The number of guanidine groups is 1. The van der Waals surface area contributed by atoms with Gasteiger partial charge in [0, 0.05) is 18.7 Å². The molecule has 2 atom stereocenters. The molecule has 0 spiro atoms. The minimum Gasteiger partial charge on any atom is -0.367 e. The van der Waals surface area contributed by atoms with Gasteiger partial charge in [-0.05, 0) is 45.4 Å². The standard InChI is InChI=1S/C20H27FN4O2.HI/c1-5-22-20(23-10-18-14(3)24-27-15(18)4)25-11-13(2)26-19(12-25)16-6-8-17(21)9-7-16;/h6-9,13,19H,5,10-12H2,1-4H3,(H,22,23);1H. The molecule has 3 rings (SSSR count). The zero-order valence-electron chi connectivity index (χ0n) is 16.7. The number of nitrogens with one attached hydrogen (secondary N) is 1. The van der Waals surface area contributed by atoms with Gasteiger partial charge >= 0.3 is 0 Å². The summed E-state index contributed by atoms with van der Waals surface area (Å²) in [7, 11) is 0. The number of halogens is 2. The van der Waals surface area contributed by atoms with Gasteiger partial charge in [-0.3, -0.25) is 0 Å². The molecule has 1 saturated heterocycles. The summed E-state index contributed by atoms with van der Waals surface area (Å²) in [5.41, 5.74) is 2.85. The minimum atomic E-state index is -0.242. The molecule has 1 aliphatic heterocycles. The lowest BCUT2D eigenvalue weighted by Crippen LogP contribution is -2.50. The van der Waals surface area contributed by atoms with E-state index in [1.165, 1.54) is 12.1 Å². The van der Waals surface area contributed by atoms with Gasteiger partial charge in [0.15, 0.2) is 5.96 Å². The van der Waals surface area contributed by atoms with Gasteiger partial charge in [-0.1, -0.05) is 17.3 Å². The summed E-state index contributed by atoms with van der Waals surface area (Å²) in [5.74, 6) is 1.39. The Hall–Kier alpha value is -1.68. The zero-order chi connectivity index (χ0) is 19.4. The molecule has 8 heteroatoms. The quantitative estimate of drug-likeness (QED) is 0.390. The molecule has 154 valence electrons. The maximum absolute atomic E-state index is 13.2. The van der Waals surface area contributed by atoms with Crippen LogP contribution in [-0.2, 0) is 11.3 Å². The SMILES string of the molecule is CCNC(=NCc1c(C)noc1C)N1CC(C)OC(c2ccc(F)cc2)C1.I. The number of hydrogen-bond donors (Lipinski definition) is 1. The topological polar surface area (TPSA) is 62.9 Å². The smallest absolute Gasteiger partial charge is 0.194 e. The van der Waals surface area contributed by atoms with Crippen molar-refractivity contribution in [2.45, 2.75) is 46.4 Å². The predicted octanol–water partition coefficient (Wildman–Crippen LogP) is 3.98. The Balaban J connectivity index is 0.00000280. The van der Waals surface area contributed by atoms with E-state index >= 15 is 0 Å². The molecule has 1 aliphatic rings. The van der Waals surface area contributed by atoms with Crippen molar-refractivity contribution < 1.29 is 13.7 Å². The molecular weight excluding hydrogens is 474 g/mol. The largest absolute Gasteiger partial charge is 0.367 e. The normalized spacial score (nSPS) is 20.0. The van der Waals surface area contributed by atoms with Crippen LogP contribution in [0.15, 0.2) is 33.8 Å². The van der Waals surface area contributed by atoms with Crippen LogP contribution in [0, 0.1) is 19.7 Å². The van der Waals surface area contributed by atoms with Gasteiger partial charge in [0.1, 0.15) is 17.7 Å². The van der Waals surface area contributed by atoms with E-state index in [0.717, 1.165) is 41.6 Å². The van der Waals surface area contributed by atoms with Crippen LogP contribution in [0.25, 0.3) is 0 Å². The number of rotatable bonds is 4. The Morgan fingerprint density at radius 2 is 2.00 bits per heavy atom. The van der Waals surface area contributed by atoms with Crippen molar-refractivity contribution in [3.05, 3.63) is 52.7 Å².